The largest absolute Gasteiger partial charge is 0.454 e. The minimum Gasteiger partial charge on any atom is -0.454 e. The highest BCUT2D eigenvalue weighted by Gasteiger charge is 2.19. The zero-order valence-corrected chi connectivity index (χ0v) is 13.9. The molecule has 2 aromatic rings. The SMILES string of the molecule is Cc1nn(Cc2cc(Br)c3c(c2)OCO3)c(N)c1I. The Labute approximate surface area is 132 Å². The van der Waals surface area contributed by atoms with E-state index in [0.29, 0.717) is 12.4 Å². The number of fused-ring (bicyclic) bond motifs is 1. The second-order valence-electron chi connectivity index (χ2n) is 4.25. The molecule has 0 bridgehead atoms. The van der Waals surface area contributed by atoms with Crippen LogP contribution in [0.15, 0.2) is 16.6 Å². The highest BCUT2D eigenvalue weighted by atomic mass is 127. The molecule has 0 spiro atoms. The van der Waals surface area contributed by atoms with Crippen LogP contribution in [0.1, 0.15) is 11.3 Å². The van der Waals surface area contributed by atoms with Gasteiger partial charge in [0.05, 0.1) is 20.3 Å². The molecule has 1 aromatic heterocycles. The molecule has 0 saturated heterocycles. The summed E-state index contributed by atoms with van der Waals surface area (Å²) in [6, 6.07) is 3.95. The maximum Gasteiger partial charge on any atom is 0.231 e. The second kappa shape index (κ2) is 4.86. The van der Waals surface area contributed by atoms with Gasteiger partial charge in [-0.2, -0.15) is 5.10 Å². The Morgan fingerprint density at radius 3 is 2.95 bits per heavy atom. The molecule has 0 atom stereocenters. The summed E-state index contributed by atoms with van der Waals surface area (Å²) in [5.41, 5.74) is 8.03. The van der Waals surface area contributed by atoms with Gasteiger partial charge in [0.2, 0.25) is 6.79 Å². The van der Waals surface area contributed by atoms with E-state index in [4.69, 9.17) is 15.2 Å². The fourth-order valence-corrected chi connectivity index (χ4v) is 2.97. The zero-order valence-electron chi connectivity index (χ0n) is 10.1. The molecule has 0 fully saturated rings. The van der Waals surface area contributed by atoms with Gasteiger partial charge in [0.1, 0.15) is 5.82 Å². The third-order valence-corrected chi connectivity index (χ3v) is 4.83. The second-order valence-corrected chi connectivity index (χ2v) is 6.19. The first-order valence-corrected chi connectivity index (χ1v) is 7.50. The number of halogens is 2. The first-order chi connectivity index (χ1) is 9.06. The summed E-state index contributed by atoms with van der Waals surface area (Å²) < 4.78 is 14.4. The molecule has 2 N–H and O–H groups in total. The number of hydrogen-bond donors (Lipinski definition) is 1. The van der Waals surface area contributed by atoms with Crippen molar-refractivity contribution in [2.75, 3.05) is 12.5 Å². The van der Waals surface area contributed by atoms with Crippen molar-refractivity contribution in [3.63, 3.8) is 0 Å². The number of rotatable bonds is 2. The van der Waals surface area contributed by atoms with E-state index < -0.39 is 0 Å². The monoisotopic (exact) mass is 435 g/mol. The molecule has 5 nitrogen and oxygen atoms in total. The number of nitrogen functional groups attached to an aromatic ring is 1. The average Bonchev–Trinajstić information content (AvgIpc) is 2.92. The molecule has 19 heavy (non-hydrogen) atoms. The van der Waals surface area contributed by atoms with Gasteiger partial charge in [-0.25, -0.2) is 4.68 Å². The summed E-state index contributed by atoms with van der Waals surface area (Å²) in [4.78, 5) is 0. The van der Waals surface area contributed by atoms with Crippen molar-refractivity contribution in [1.82, 2.24) is 9.78 Å². The van der Waals surface area contributed by atoms with Crippen LogP contribution in [0.25, 0.3) is 0 Å². The Hall–Kier alpha value is -0.960. The fraction of sp³-hybridized carbons (Fsp3) is 0.250. The van der Waals surface area contributed by atoms with Crippen molar-refractivity contribution in [3.05, 3.63) is 31.4 Å². The average molecular weight is 436 g/mol. The lowest BCUT2D eigenvalue weighted by molar-refractivity contribution is 0.173. The van der Waals surface area contributed by atoms with Crippen molar-refractivity contribution < 1.29 is 9.47 Å². The Kier molecular flexibility index (Phi) is 3.34. The molecule has 1 aliphatic rings. The van der Waals surface area contributed by atoms with E-state index in [1.165, 1.54) is 0 Å². The lowest BCUT2D eigenvalue weighted by Crippen LogP contribution is -2.06. The first-order valence-electron chi connectivity index (χ1n) is 5.62. The predicted octanol–water partition coefficient (Wildman–Crippen LogP) is 2.92. The van der Waals surface area contributed by atoms with Gasteiger partial charge in [0.25, 0.3) is 0 Å². The van der Waals surface area contributed by atoms with Crippen LogP contribution >= 0.6 is 38.5 Å². The van der Waals surface area contributed by atoms with Crippen molar-refractivity contribution >= 4 is 44.3 Å². The van der Waals surface area contributed by atoms with Gasteiger partial charge >= 0.3 is 0 Å². The molecule has 1 aromatic carbocycles. The highest BCUT2D eigenvalue weighted by Crippen LogP contribution is 2.40. The summed E-state index contributed by atoms with van der Waals surface area (Å²) >= 11 is 5.69. The van der Waals surface area contributed by atoms with Gasteiger partial charge in [0.15, 0.2) is 11.5 Å². The first kappa shape index (κ1) is 13.0. The molecule has 0 aliphatic carbocycles. The number of nitrogens with zero attached hydrogens (tertiary/aromatic N) is 2. The van der Waals surface area contributed by atoms with Crippen LogP contribution in [-0.4, -0.2) is 16.6 Å². The zero-order chi connectivity index (χ0) is 13.6. The summed E-state index contributed by atoms with van der Waals surface area (Å²) in [5, 5.41) is 4.43. The van der Waals surface area contributed by atoms with Crippen LogP contribution < -0.4 is 15.2 Å². The smallest absolute Gasteiger partial charge is 0.231 e. The van der Waals surface area contributed by atoms with Crippen molar-refractivity contribution in [2.45, 2.75) is 13.5 Å². The number of nitrogens with two attached hydrogens (primary N) is 1. The van der Waals surface area contributed by atoms with Crippen molar-refractivity contribution in [1.29, 1.82) is 0 Å². The van der Waals surface area contributed by atoms with Crippen LogP contribution in [0.3, 0.4) is 0 Å². The molecular weight excluding hydrogens is 425 g/mol. The minimum absolute atomic E-state index is 0.262. The maximum absolute atomic E-state index is 6.03. The predicted molar refractivity (Wildman–Crippen MR) is 83.5 cm³/mol. The number of anilines is 1. The number of aromatic nitrogens is 2. The molecule has 2 heterocycles. The van der Waals surface area contributed by atoms with Crippen molar-refractivity contribution in [3.8, 4) is 11.5 Å². The van der Waals surface area contributed by atoms with Crippen LogP contribution in [0, 0.1) is 10.5 Å². The van der Waals surface area contributed by atoms with Crippen LogP contribution in [0.4, 0.5) is 5.82 Å². The third kappa shape index (κ3) is 2.29. The molecule has 0 amide bonds. The Morgan fingerprint density at radius 2 is 2.26 bits per heavy atom. The Morgan fingerprint density at radius 1 is 1.47 bits per heavy atom. The van der Waals surface area contributed by atoms with E-state index in [0.717, 1.165) is 30.8 Å². The molecule has 3 rings (SSSR count). The van der Waals surface area contributed by atoms with E-state index in [9.17, 15) is 0 Å². The molecule has 100 valence electrons. The normalized spacial score (nSPS) is 13.0. The van der Waals surface area contributed by atoms with Crippen molar-refractivity contribution in [2.24, 2.45) is 0 Å². The van der Waals surface area contributed by atoms with Gasteiger partial charge in [-0.1, -0.05) is 0 Å². The number of benzene rings is 1. The van der Waals surface area contributed by atoms with Gasteiger partial charge in [0, 0.05) is 0 Å². The standard InChI is InChI=1S/C12H11BrIN3O2/c1-6-10(14)12(15)17(16-6)4-7-2-8(13)11-9(3-7)18-5-19-11/h2-3H,4-5,15H2,1H3. The number of hydrogen-bond acceptors (Lipinski definition) is 4. The third-order valence-electron chi connectivity index (χ3n) is 2.91. The van der Waals surface area contributed by atoms with E-state index in [2.05, 4.69) is 43.6 Å². The molecule has 0 unspecified atom stereocenters. The summed E-state index contributed by atoms with van der Waals surface area (Å²) in [7, 11) is 0. The van der Waals surface area contributed by atoms with Crippen LogP contribution in [0.2, 0.25) is 0 Å². The molecule has 7 heteroatoms. The van der Waals surface area contributed by atoms with E-state index in [-0.39, 0.29) is 6.79 Å². The summed E-state index contributed by atoms with van der Waals surface area (Å²) in [5.74, 6) is 2.19. The number of ether oxygens (including phenoxy) is 2. The molecule has 1 aliphatic heterocycles. The van der Waals surface area contributed by atoms with E-state index in [1.807, 2.05) is 19.1 Å². The summed E-state index contributed by atoms with van der Waals surface area (Å²) in [6.45, 7) is 2.81. The minimum atomic E-state index is 0.262. The van der Waals surface area contributed by atoms with Gasteiger partial charge in [-0.15, -0.1) is 0 Å². The quantitative estimate of drug-likeness (QED) is 0.736. The van der Waals surface area contributed by atoms with Crippen LogP contribution in [0.5, 0.6) is 11.5 Å². The van der Waals surface area contributed by atoms with Gasteiger partial charge in [-0.3, -0.25) is 0 Å². The molecular formula is C12H11BrIN3O2. The molecule has 0 radical (unpaired) electrons. The highest BCUT2D eigenvalue weighted by molar-refractivity contribution is 14.1. The fourth-order valence-electron chi connectivity index (χ4n) is 1.98. The molecule has 0 saturated carbocycles. The Bertz CT molecular complexity index is 657. The Balaban J connectivity index is 1.95. The lowest BCUT2D eigenvalue weighted by atomic mass is 10.2. The van der Waals surface area contributed by atoms with Gasteiger partial charge < -0.3 is 15.2 Å². The maximum atomic E-state index is 6.03. The van der Waals surface area contributed by atoms with Crippen LogP contribution in [-0.2, 0) is 6.54 Å². The van der Waals surface area contributed by atoms with E-state index >= 15 is 0 Å². The lowest BCUT2D eigenvalue weighted by Gasteiger charge is -2.07. The number of aryl methyl sites for hydroxylation is 1. The summed E-state index contributed by atoms with van der Waals surface area (Å²) in [6.07, 6.45) is 0. The topological polar surface area (TPSA) is 62.3 Å². The van der Waals surface area contributed by atoms with E-state index in [1.54, 1.807) is 4.68 Å². The van der Waals surface area contributed by atoms with Gasteiger partial charge in [-0.05, 0) is 63.1 Å².